The lowest BCUT2D eigenvalue weighted by Gasteiger charge is -2.18. The lowest BCUT2D eigenvalue weighted by Crippen LogP contribution is -2.42. The van der Waals surface area contributed by atoms with Crippen LogP contribution in [0.15, 0.2) is 65.6 Å². The molecule has 0 bridgehead atoms. The van der Waals surface area contributed by atoms with Gasteiger partial charge in [0.2, 0.25) is 10.0 Å². The van der Waals surface area contributed by atoms with Gasteiger partial charge in [-0.3, -0.25) is 4.79 Å². The largest absolute Gasteiger partial charge is 0.480 e. The van der Waals surface area contributed by atoms with Crippen LogP contribution in [0, 0.1) is 20.8 Å². The summed E-state index contributed by atoms with van der Waals surface area (Å²) in [4.78, 5) is 23.6. The van der Waals surface area contributed by atoms with E-state index in [0.29, 0.717) is 22.4 Å². The van der Waals surface area contributed by atoms with Gasteiger partial charge in [-0.25, -0.2) is 13.2 Å². The highest BCUT2D eigenvalue weighted by Crippen LogP contribution is 2.25. The van der Waals surface area contributed by atoms with Gasteiger partial charge in [0.1, 0.15) is 6.04 Å². The molecule has 1 atom stereocenters. The summed E-state index contributed by atoms with van der Waals surface area (Å²) >= 11 is 0. The molecular weight excluding hydrogens is 466 g/mol. The fourth-order valence-corrected chi connectivity index (χ4v) is 5.70. The summed E-state index contributed by atoms with van der Waals surface area (Å²) in [5.74, 6) is -1.26. The van der Waals surface area contributed by atoms with Crippen LogP contribution < -0.4 is 15.4 Å². The molecule has 0 fully saturated rings. The molecule has 3 aromatic rings. The van der Waals surface area contributed by atoms with Crippen molar-refractivity contribution in [3.63, 3.8) is 0 Å². The van der Waals surface area contributed by atoms with Crippen LogP contribution in [-0.4, -0.2) is 38.6 Å². The zero-order valence-electron chi connectivity index (χ0n) is 20.0. The molecule has 4 N–H and O–H groups in total. The highest BCUT2D eigenvalue weighted by molar-refractivity contribution is 7.89. The minimum absolute atomic E-state index is 0.0168. The third-order valence-electron chi connectivity index (χ3n) is 5.54. The highest BCUT2D eigenvalue weighted by Gasteiger charge is 2.28. The number of carboxylic acid groups (broad SMARTS) is 1. The number of sulfonamides is 1. The number of aryl methyl sites for hydroxylation is 3. The Morgan fingerprint density at radius 3 is 2.11 bits per heavy atom. The van der Waals surface area contributed by atoms with Crippen LogP contribution in [0.3, 0.4) is 0 Å². The quantitative estimate of drug-likeness (QED) is 0.376. The number of amides is 2. The molecule has 0 aliphatic carbocycles. The molecule has 0 aromatic heterocycles. The van der Waals surface area contributed by atoms with Gasteiger partial charge in [-0.15, -0.1) is 0 Å². The third-order valence-corrected chi connectivity index (χ3v) is 7.32. The first-order valence-electron chi connectivity index (χ1n) is 11.0. The molecule has 9 heteroatoms. The van der Waals surface area contributed by atoms with Crippen molar-refractivity contribution in [3.05, 3.63) is 82.9 Å². The van der Waals surface area contributed by atoms with Crippen molar-refractivity contribution in [2.75, 3.05) is 12.4 Å². The van der Waals surface area contributed by atoms with E-state index in [1.165, 1.54) is 7.05 Å². The molecule has 3 aromatic carbocycles. The normalized spacial score (nSPS) is 12.1. The molecule has 0 spiro atoms. The van der Waals surface area contributed by atoms with Gasteiger partial charge in [0.25, 0.3) is 0 Å². The van der Waals surface area contributed by atoms with Gasteiger partial charge in [-0.1, -0.05) is 54.1 Å². The molecule has 0 aliphatic rings. The molecule has 0 aliphatic heterocycles. The van der Waals surface area contributed by atoms with Gasteiger partial charge in [0.15, 0.2) is 0 Å². The van der Waals surface area contributed by atoms with Crippen LogP contribution in [0.1, 0.15) is 22.3 Å². The monoisotopic (exact) mass is 495 g/mol. The van der Waals surface area contributed by atoms with Crippen molar-refractivity contribution in [2.24, 2.45) is 0 Å². The van der Waals surface area contributed by atoms with Crippen molar-refractivity contribution < 1.29 is 23.1 Å². The highest BCUT2D eigenvalue weighted by atomic mass is 32.2. The van der Waals surface area contributed by atoms with Gasteiger partial charge in [-0.2, -0.15) is 4.72 Å². The lowest BCUT2D eigenvalue weighted by molar-refractivity contribution is -0.138. The number of benzene rings is 3. The van der Waals surface area contributed by atoms with Gasteiger partial charge < -0.3 is 15.7 Å². The molecule has 0 unspecified atom stereocenters. The van der Waals surface area contributed by atoms with E-state index >= 15 is 0 Å². The van der Waals surface area contributed by atoms with E-state index in [9.17, 15) is 23.1 Å². The predicted molar refractivity (Wildman–Crippen MR) is 136 cm³/mol. The third kappa shape index (κ3) is 6.46. The van der Waals surface area contributed by atoms with Gasteiger partial charge in [0, 0.05) is 12.7 Å². The van der Waals surface area contributed by atoms with Crippen molar-refractivity contribution >= 4 is 27.7 Å². The van der Waals surface area contributed by atoms with E-state index in [1.807, 2.05) is 37.3 Å². The van der Waals surface area contributed by atoms with E-state index in [2.05, 4.69) is 15.4 Å². The zero-order valence-corrected chi connectivity index (χ0v) is 20.9. The maximum Gasteiger partial charge on any atom is 0.322 e. The summed E-state index contributed by atoms with van der Waals surface area (Å²) in [5, 5.41) is 14.9. The molecule has 0 saturated carbocycles. The van der Waals surface area contributed by atoms with Crippen molar-refractivity contribution in [1.29, 1.82) is 0 Å². The molecule has 184 valence electrons. The summed E-state index contributed by atoms with van der Waals surface area (Å²) in [5.41, 5.74) is 5.10. The van der Waals surface area contributed by atoms with Gasteiger partial charge in [-0.05, 0) is 67.1 Å². The number of aliphatic carboxylic acids is 1. The van der Waals surface area contributed by atoms with Crippen molar-refractivity contribution in [1.82, 2.24) is 10.0 Å². The van der Waals surface area contributed by atoms with E-state index in [1.54, 1.807) is 44.2 Å². The smallest absolute Gasteiger partial charge is 0.322 e. The fraction of sp³-hybridized carbons (Fsp3) is 0.231. The number of rotatable bonds is 8. The Hall–Kier alpha value is -3.69. The molecule has 0 radical (unpaired) electrons. The Labute approximate surface area is 205 Å². The number of carboxylic acids is 1. The second-order valence-corrected chi connectivity index (χ2v) is 10.1. The van der Waals surface area contributed by atoms with E-state index < -0.39 is 22.0 Å². The Kier molecular flexibility index (Phi) is 7.93. The van der Waals surface area contributed by atoms with Crippen LogP contribution in [0.2, 0.25) is 0 Å². The Morgan fingerprint density at radius 1 is 0.914 bits per heavy atom. The number of carbonyl (C=O) groups is 2. The maximum atomic E-state index is 13.1. The minimum Gasteiger partial charge on any atom is -0.480 e. The molecule has 0 heterocycles. The standard InChI is InChI=1S/C26H29N3O5S/c1-16-12-17(2)24(18(3)13-16)35(33,34)29-23(25(30)31)14-19-8-10-20(11-9-19)21-6-5-7-22(15-21)28-26(32)27-4/h5-13,15,23,29H,14H2,1-4H3,(H,30,31)(H2,27,28,32)/t23-/m0/s1. The summed E-state index contributed by atoms with van der Waals surface area (Å²) in [6.07, 6.45) is -0.0168. The summed E-state index contributed by atoms with van der Waals surface area (Å²) < 4.78 is 28.5. The fourth-order valence-electron chi connectivity index (χ4n) is 4.06. The van der Waals surface area contributed by atoms with E-state index in [0.717, 1.165) is 16.7 Å². The van der Waals surface area contributed by atoms with Crippen LogP contribution in [0.5, 0.6) is 0 Å². The molecule has 35 heavy (non-hydrogen) atoms. The summed E-state index contributed by atoms with van der Waals surface area (Å²) in [7, 11) is -2.51. The number of carbonyl (C=O) groups excluding carboxylic acids is 1. The number of nitrogens with one attached hydrogen (secondary N) is 3. The second-order valence-electron chi connectivity index (χ2n) is 8.43. The van der Waals surface area contributed by atoms with Crippen LogP contribution in [0.4, 0.5) is 10.5 Å². The molecule has 3 rings (SSSR count). The molecule has 2 amide bonds. The minimum atomic E-state index is -4.04. The number of hydrogen-bond donors (Lipinski definition) is 4. The average Bonchev–Trinajstić information content (AvgIpc) is 2.78. The average molecular weight is 496 g/mol. The number of urea groups is 1. The first-order valence-corrected chi connectivity index (χ1v) is 12.5. The SMILES string of the molecule is CNC(=O)Nc1cccc(-c2ccc(C[C@H](NS(=O)(=O)c3c(C)cc(C)cc3C)C(=O)O)cc2)c1. The number of anilines is 1. The van der Waals surface area contributed by atoms with Crippen molar-refractivity contribution in [3.8, 4) is 11.1 Å². The second kappa shape index (κ2) is 10.7. The van der Waals surface area contributed by atoms with Gasteiger partial charge in [0.05, 0.1) is 4.90 Å². The Bertz CT molecular complexity index is 1330. The van der Waals surface area contributed by atoms with E-state index in [4.69, 9.17) is 0 Å². The predicted octanol–water partition coefficient (Wildman–Crippen LogP) is 4.00. The Morgan fingerprint density at radius 2 is 1.54 bits per heavy atom. The maximum absolute atomic E-state index is 13.1. The summed E-state index contributed by atoms with van der Waals surface area (Å²) in [6, 6.07) is 16.4. The lowest BCUT2D eigenvalue weighted by atomic mass is 10.0. The summed E-state index contributed by atoms with van der Waals surface area (Å²) in [6.45, 7) is 5.27. The molecule has 8 nitrogen and oxygen atoms in total. The number of hydrogen-bond acceptors (Lipinski definition) is 4. The molecular formula is C26H29N3O5S. The molecule has 0 saturated heterocycles. The zero-order chi connectivity index (χ0) is 25.8. The van der Waals surface area contributed by atoms with Gasteiger partial charge >= 0.3 is 12.0 Å². The van der Waals surface area contributed by atoms with E-state index in [-0.39, 0.29) is 17.3 Å². The van der Waals surface area contributed by atoms with Crippen LogP contribution in [0.25, 0.3) is 11.1 Å². The topological polar surface area (TPSA) is 125 Å². The van der Waals surface area contributed by atoms with Crippen LogP contribution in [-0.2, 0) is 21.2 Å². The van der Waals surface area contributed by atoms with Crippen molar-refractivity contribution in [2.45, 2.75) is 38.1 Å². The first kappa shape index (κ1) is 25.9. The van der Waals surface area contributed by atoms with Crippen LogP contribution >= 0.6 is 0 Å². The Balaban J connectivity index is 1.79. The first-order chi connectivity index (χ1) is 16.5.